The molecule has 0 unspecified atom stereocenters. The normalized spacial score (nSPS) is 18.5. The number of thiazole rings is 2. The fraction of sp³-hybridized carbons (Fsp3) is 0.478. The second-order valence-corrected chi connectivity index (χ2v) is 38.9. The molecule has 112 heavy (non-hydrogen) atoms. The van der Waals surface area contributed by atoms with Crippen molar-refractivity contribution in [2.75, 3.05) is 52.6 Å². The molecule has 0 atom stereocenters. The third-order valence-corrected chi connectivity index (χ3v) is 28.2. The highest BCUT2D eigenvalue weighted by molar-refractivity contribution is 9.11. The summed E-state index contributed by atoms with van der Waals surface area (Å²) in [5.74, 6) is -4.04. The quantitative estimate of drug-likeness (QED) is 0.0223. The average molecular weight is 1890 g/mol. The van der Waals surface area contributed by atoms with Crippen LogP contribution in [0.3, 0.4) is 0 Å². The van der Waals surface area contributed by atoms with Crippen molar-refractivity contribution in [2.45, 2.75) is 181 Å². The van der Waals surface area contributed by atoms with Gasteiger partial charge in [0.05, 0.1) is 104 Å². The lowest BCUT2D eigenvalue weighted by molar-refractivity contribution is -0.0985. The number of hydrogen-bond donors (Lipinski definition) is 10. The lowest BCUT2D eigenvalue weighted by atomic mass is 9.78. The van der Waals surface area contributed by atoms with E-state index in [-0.39, 0.29) is 115 Å². The van der Waals surface area contributed by atoms with Gasteiger partial charge in [0.25, 0.3) is 9.05 Å². The molecule has 2 saturated carbocycles. The Kier molecular flexibility index (Phi) is 37.2. The van der Waals surface area contributed by atoms with Gasteiger partial charge in [0, 0.05) is 80.4 Å². The van der Waals surface area contributed by atoms with Crippen molar-refractivity contribution >= 4 is 169 Å². The second-order valence-electron chi connectivity index (χ2n) is 26.0. The summed E-state index contributed by atoms with van der Waals surface area (Å²) in [5, 5.41) is 43.8. The number of alkyl carbamates (subject to hydrolysis) is 2. The minimum absolute atomic E-state index is 0. The van der Waals surface area contributed by atoms with E-state index in [9.17, 15) is 67.5 Å². The maximum atomic E-state index is 12.8. The minimum Gasteiger partial charge on any atom is -0.478 e. The second kappa shape index (κ2) is 43.2. The predicted octanol–water partition coefficient (Wildman–Crippen LogP) is 11.1. The topological polar surface area (TPSA) is 487 Å². The smallest absolute Gasteiger partial charge is 0.478 e. The number of amides is 2. The van der Waals surface area contributed by atoms with Gasteiger partial charge in [-0.05, 0) is 194 Å². The van der Waals surface area contributed by atoms with E-state index in [1.165, 1.54) is 70.9 Å². The lowest BCUT2D eigenvalue weighted by Crippen LogP contribution is -2.44. The molecule has 5 fully saturated rings. The van der Waals surface area contributed by atoms with Gasteiger partial charge in [0.1, 0.15) is 0 Å². The molecule has 11 rings (SSSR count). The Morgan fingerprint density at radius 3 is 1.26 bits per heavy atom. The molecule has 2 amide bonds. The number of nitrogens with one attached hydrogen (secondary N) is 5. The summed E-state index contributed by atoms with van der Waals surface area (Å²) in [6.45, 7) is 17.6. The first-order valence-corrected chi connectivity index (χ1v) is 45.2. The van der Waals surface area contributed by atoms with Crippen LogP contribution in [0, 0.1) is 0 Å². The van der Waals surface area contributed by atoms with Crippen LogP contribution in [0.5, 0.6) is 0 Å². The van der Waals surface area contributed by atoms with Crippen molar-refractivity contribution in [3.05, 3.63) is 130 Å². The molecule has 43 heteroatoms. The van der Waals surface area contributed by atoms with Crippen LogP contribution in [0.25, 0.3) is 10.4 Å². The molecule has 3 aliphatic heterocycles. The standard InChI is InChI=1S/C22H27N3O7S2.C15H22BNO6S.C13H17BrN2O3S.C9H10BrNO4S.C7H4BrClO4S.C2H7N.CH4/c1-2-24-34(29,30)19-9-14(21(26)27)5-8-17(19)18-10-23-20(33-18)13-3-6-15(7-4-13)25-22(28)32-16-11-31-12-16;1-6-17-24(20,21)12-9-10(13(18)19)7-8-11(12)16-22-14(2,3)15(4,5)23-16;14-11-5-15-12(20-11)8-1-3-9(4-2-8)16-13(17)19-10-6-18-7-10;1-2-11-16(14,15)8-5-6(9(12)13)3-4-7(8)10;8-5-2-1-4(7(10)11)3-6(5)14(9,12)13;1-2-3;/h5,8-10,13,15-16,24H,2-4,6-7,11-12H2,1H3,(H,25,28)(H,26,27);7-9,17H,6H2,1-5H3,(H,18,19);5,8-10H,1-4,6-7H2,(H,16,17);3-5,11H,2H2,1H3,(H,12,13);1-3H,(H,10,11);2-3H2,1H3;1H4. The molecule has 0 bridgehead atoms. The van der Waals surface area contributed by atoms with E-state index in [0.717, 1.165) is 84.9 Å². The van der Waals surface area contributed by atoms with Crippen LogP contribution >= 0.6 is 81.1 Å². The van der Waals surface area contributed by atoms with Gasteiger partial charge in [-0.1, -0.05) is 47.3 Å². The number of sulfonamides is 3. The van der Waals surface area contributed by atoms with Crippen LogP contribution in [0.2, 0.25) is 0 Å². The van der Waals surface area contributed by atoms with Gasteiger partial charge in [-0.3, -0.25) is 0 Å². The van der Waals surface area contributed by atoms with Crippen molar-refractivity contribution in [3.63, 3.8) is 0 Å². The average Bonchev–Trinajstić information content (AvgIpc) is 1.54. The third-order valence-electron chi connectivity index (χ3n) is 17.3. The number of carbonyl (C=O) groups is 6. The van der Waals surface area contributed by atoms with Crippen LogP contribution in [-0.4, -0.2) is 195 Å². The minimum atomic E-state index is -3.93. The number of ether oxygens (including phenoxy) is 4. The Labute approximate surface area is 689 Å². The summed E-state index contributed by atoms with van der Waals surface area (Å²) in [7, 11) is -11.2. The van der Waals surface area contributed by atoms with Crippen molar-refractivity contribution in [1.82, 2.24) is 34.8 Å². The van der Waals surface area contributed by atoms with Gasteiger partial charge < -0.3 is 65.0 Å². The van der Waals surface area contributed by atoms with Crippen molar-refractivity contribution in [3.8, 4) is 10.4 Å². The molecule has 2 aliphatic carbocycles. The van der Waals surface area contributed by atoms with Crippen LogP contribution in [0.4, 0.5) is 9.59 Å². The molecule has 618 valence electrons. The van der Waals surface area contributed by atoms with E-state index in [1.807, 2.05) is 40.8 Å². The molecule has 0 spiro atoms. The Morgan fingerprint density at radius 2 is 0.884 bits per heavy atom. The highest BCUT2D eigenvalue weighted by Gasteiger charge is 2.53. The summed E-state index contributed by atoms with van der Waals surface area (Å²) in [4.78, 5) is 76.6. The molecule has 5 heterocycles. The maximum Gasteiger partial charge on any atom is 0.496 e. The molecule has 3 saturated heterocycles. The summed E-state index contributed by atoms with van der Waals surface area (Å²) >= 11 is 12.6. The molecule has 6 aromatic rings. The van der Waals surface area contributed by atoms with E-state index in [2.05, 4.69) is 82.6 Å². The van der Waals surface area contributed by atoms with E-state index < -0.39 is 87.4 Å². The largest absolute Gasteiger partial charge is 0.496 e. The number of carboxylic acids is 4. The molecular weight excluding hydrogens is 1800 g/mol. The fourth-order valence-corrected chi connectivity index (χ4v) is 20.2. The SMILES string of the molecule is C.CCN.CCNS(=O)(=O)c1cc(C(=O)O)ccc1-c1cnc(C2CCC(NC(=O)OC3COC3)CC2)s1.CCNS(=O)(=O)c1cc(C(=O)O)ccc1B1OC(C)(C)C(C)(C)O1.CCNS(=O)(=O)c1cc(C(=O)O)ccc1Br.O=C(NC1CCC(c2ncc(Br)s2)CC1)OC1COC1.O=C(O)c1ccc(Br)c(S(=O)(=O)Cl)c1. The summed E-state index contributed by atoms with van der Waals surface area (Å²) in [6.07, 6.45) is 9.94. The summed E-state index contributed by atoms with van der Waals surface area (Å²) < 4.78 is 137. The first-order valence-electron chi connectivity index (χ1n) is 34.5. The van der Waals surface area contributed by atoms with Crippen molar-refractivity contribution < 1.29 is 111 Å². The number of carboxylic acid groups (broad SMARTS) is 4. The van der Waals surface area contributed by atoms with Crippen molar-refractivity contribution in [1.29, 1.82) is 0 Å². The molecule has 0 radical (unpaired) electrons. The van der Waals surface area contributed by atoms with E-state index in [1.54, 1.807) is 38.3 Å². The zero-order valence-corrected chi connectivity index (χ0v) is 71.7. The Morgan fingerprint density at radius 1 is 0.536 bits per heavy atom. The highest BCUT2D eigenvalue weighted by atomic mass is 79.9. The van der Waals surface area contributed by atoms with Crippen molar-refractivity contribution in [2.24, 2.45) is 5.73 Å². The van der Waals surface area contributed by atoms with Crippen LogP contribution in [0.15, 0.2) is 118 Å². The molecule has 4 aromatic carbocycles. The molecule has 32 nitrogen and oxygen atoms in total. The summed E-state index contributed by atoms with van der Waals surface area (Å²) in [6, 6.07) is 15.7. The number of hydrogen-bond acceptors (Lipinski definition) is 25. The maximum absolute atomic E-state index is 12.8. The number of benzene rings is 4. The Hall–Kier alpha value is -6.17. The first kappa shape index (κ1) is 96.4. The van der Waals surface area contributed by atoms with Gasteiger partial charge in [0.15, 0.2) is 12.2 Å². The highest BCUT2D eigenvalue weighted by Crippen LogP contribution is 2.41. The molecule has 2 aromatic heterocycles. The van der Waals surface area contributed by atoms with Crippen LogP contribution < -0.4 is 36.0 Å². The molecule has 11 N–H and O–H groups in total. The number of carbonyl (C=O) groups excluding carboxylic acids is 2. The Bertz CT molecular complexity index is 4720. The summed E-state index contributed by atoms with van der Waals surface area (Å²) in [5.41, 5.74) is 3.86. The number of rotatable bonds is 22. The van der Waals surface area contributed by atoms with Gasteiger partial charge in [-0.25, -0.2) is 86.6 Å². The number of halogens is 4. The number of aromatic nitrogens is 2. The van der Waals surface area contributed by atoms with Gasteiger partial charge in [0.2, 0.25) is 30.1 Å². The van der Waals surface area contributed by atoms with E-state index >= 15 is 0 Å². The predicted molar refractivity (Wildman–Crippen MR) is 431 cm³/mol. The Balaban J connectivity index is 0.000000256. The number of aromatic carboxylic acids is 4. The van der Waals surface area contributed by atoms with Crippen LogP contribution in [-0.2, 0) is 67.4 Å². The molecular formula is C69H91BBr3ClN8O24S6. The van der Waals surface area contributed by atoms with Gasteiger partial charge in [-0.15, -0.1) is 22.7 Å². The molecule has 5 aliphatic rings. The van der Waals surface area contributed by atoms with E-state index in [4.69, 9.17) is 60.0 Å². The zero-order chi connectivity index (χ0) is 82.6. The number of nitrogens with two attached hydrogens (primary N) is 1. The van der Waals surface area contributed by atoms with Gasteiger partial charge >= 0.3 is 43.2 Å². The third kappa shape index (κ3) is 27.8. The van der Waals surface area contributed by atoms with Gasteiger partial charge in [-0.2, -0.15) is 0 Å². The van der Waals surface area contributed by atoms with Crippen LogP contribution in [0.1, 0.15) is 177 Å². The lowest BCUT2D eigenvalue weighted by Gasteiger charge is -2.32. The monoisotopic (exact) mass is 1890 g/mol. The zero-order valence-electron chi connectivity index (χ0n) is 61.3. The first-order chi connectivity index (χ1) is 52.0. The van der Waals surface area contributed by atoms with E-state index in [0.29, 0.717) is 47.3 Å². The number of nitrogens with zero attached hydrogens (tertiary/aromatic N) is 2. The fourth-order valence-electron chi connectivity index (χ4n) is 10.9.